The number of piperidine rings is 1. The fourth-order valence-electron chi connectivity index (χ4n) is 5.04. The van der Waals surface area contributed by atoms with E-state index in [1.54, 1.807) is 6.07 Å². The number of hydrogen-bond acceptors (Lipinski definition) is 4. The molecule has 1 amide bonds. The number of aryl methyl sites for hydroxylation is 2. The van der Waals surface area contributed by atoms with Gasteiger partial charge < -0.3 is 15.2 Å². The van der Waals surface area contributed by atoms with E-state index < -0.39 is 0 Å². The molecule has 0 radical (unpaired) electrons. The molecule has 7 heteroatoms. The Kier molecular flexibility index (Phi) is 8.14. The lowest BCUT2D eigenvalue weighted by molar-refractivity contribution is 0.0949. The van der Waals surface area contributed by atoms with Crippen molar-refractivity contribution in [1.82, 2.24) is 15.2 Å². The first-order valence-corrected chi connectivity index (χ1v) is 12.6. The normalized spacial score (nSPS) is 15.4. The van der Waals surface area contributed by atoms with Gasteiger partial charge in [0.05, 0.1) is 0 Å². The van der Waals surface area contributed by atoms with Crippen LogP contribution in [0.3, 0.4) is 0 Å². The SMILES string of the molecule is CCN(c1cc(Cl)cc(C(=O)NCc2c(C)cc(C)[nH]c2=O)c1C)C1CCN(C(C)(C)C)CC1. The number of hydrogen-bond donors (Lipinski definition) is 2. The Morgan fingerprint density at radius 3 is 2.38 bits per heavy atom. The van der Waals surface area contributed by atoms with Crippen molar-refractivity contribution in [2.24, 2.45) is 0 Å². The highest BCUT2D eigenvalue weighted by molar-refractivity contribution is 6.31. The number of carbonyl (C=O) groups is 1. The molecule has 0 spiro atoms. The van der Waals surface area contributed by atoms with E-state index in [1.165, 1.54) is 0 Å². The number of H-pyrrole nitrogens is 1. The fraction of sp³-hybridized carbons (Fsp3) is 0.556. The Morgan fingerprint density at radius 1 is 1.18 bits per heavy atom. The standard InChI is InChI=1S/C27H39ClN4O2/c1-8-32(21-9-11-31(12-10-21)27(5,6)7)24-15-20(28)14-22(19(24)4)25(33)29-16-23-17(2)13-18(3)30-26(23)34/h13-15,21H,8-12,16H2,1-7H3,(H,29,33)(H,30,34). The van der Waals surface area contributed by atoms with Crippen molar-refractivity contribution >= 4 is 23.2 Å². The van der Waals surface area contributed by atoms with Gasteiger partial charge in [-0.25, -0.2) is 0 Å². The lowest BCUT2D eigenvalue weighted by Crippen LogP contribution is -2.51. The van der Waals surface area contributed by atoms with Gasteiger partial charge in [0.1, 0.15) is 0 Å². The summed E-state index contributed by atoms with van der Waals surface area (Å²) in [7, 11) is 0. The van der Waals surface area contributed by atoms with E-state index in [0.717, 1.165) is 55.0 Å². The highest BCUT2D eigenvalue weighted by atomic mass is 35.5. The summed E-state index contributed by atoms with van der Waals surface area (Å²) >= 11 is 6.50. The third-order valence-electron chi connectivity index (χ3n) is 7.01. The van der Waals surface area contributed by atoms with Gasteiger partial charge in [0.25, 0.3) is 11.5 Å². The molecule has 0 atom stereocenters. The Hall–Kier alpha value is -2.31. The highest BCUT2D eigenvalue weighted by Crippen LogP contribution is 2.32. The maximum atomic E-state index is 13.2. The van der Waals surface area contributed by atoms with E-state index in [2.05, 4.69) is 47.8 Å². The summed E-state index contributed by atoms with van der Waals surface area (Å²) in [6, 6.07) is 6.01. The minimum absolute atomic E-state index is 0.167. The second kappa shape index (κ2) is 10.5. The van der Waals surface area contributed by atoms with Crippen LogP contribution in [-0.4, -0.2) is 47.0 Å². The molecule has 1 saturated heterocycles. The lowest BCUT2D eigenvalue weighted by Gasteiger charge is -2.44. The third kappa shape index (κ3) is 5.84. The van der Waals surface area contributed by atoms with E-state index in [1.807, 2.05) is 32.9 Å². The van der Waals surface area contributed by atoms with Crippen LogP contribution in [-0.2, 0) is 6.54 Å². The molecule has 0 saturated carbocycles. The van der Waals surface area contributed by atoms with Crippen LogP contribution in [0.4, 0.5) is 5.69 Å². The summed E-state index contributed by atoms with van der Waals surface area (Å²) in [5.41, 5.74) is 4.73. The molecule has 0 unspecified atom stereocenters. The third-order valence-corrected chi connectivity index (χ3v) is 7.23. The van der Waals surface area contributed by atoms with Crippen molar-refractivity contribution in [3.8, 4) is 0 Å². The number of amides is 1. The van der Waals surface area contributed by atoms with Crippen molar-refractivity contribution in [3.05, 3.63) is 61.5 Å². The molecule has 1 aromatic heterocycles. The van der Waals surface area contributed by atoms with Crippen LogP contribution in [0.25, 0.3) is 0 Å². The molecule has 0 aliphatic carbocycles. The van der Waals surface area contributed by atoms with Crippen LogP contribution in [0, 0.1) is 20.8 Å². The molecule has 1 fully saturated rings. The maximum Gasteiger partial charge on any atom is 0.253 e. The number of nitrogens with one attached hydrogen (secondary N) is 2. The quantitative estimate of drug-likeness (QED) is 0.604. The van der Waals surface area contributed by atoms with Crippen molar-refractivity contribution in [2.45, 2.75) is 79.4 Å². The van der Waals surface area contributed by atoms with Gasteiger partial charge in [0, 0.05) is 65.3 Å². The fourth-order valence-corrected chi connectivity index (χ4v) is 5.25. The Labute approximate surface area is 208 Å². The molecule has 2 N–H and O–H groups in total. The second-order valence-corrected chi connectivity index (χ2v) is 10.8. The number of rotatable bonds is 6. The molecule has 1 aliphatic rings. The van der Waals surface area contributed by atoms with Crippen LogP contribution < -0.4 is 15.8 Å². The monoisotopic (exact) mass is 486 g/mol. The number of pyridine rings is 1. The summed E-state index contributed by atoms with van der Waals surface area (Å²) in [4.78, 5) is 33.2. The van der Waals surface area contributed by atoms with Crippen molar-refractivity contribution in [3.63, 3.8) is 0 Å². The van der Waals surface area contributed by atoms with Crippen LogP contribution in [0.5, 0.6) is 0 Å². The number of anilines is 1. The van der Waals surface area contributed by atoms with Gasteiger partial charge in [-0.3, -0.25) is 14.5 Å². The first kappa shape index (κ1) is 26.3. The van der Waals surface area contributed by atoms with Gasteiger partial charge in [0.2, 0.25) is 0 Å². The van der Waals surface area contributed by atoms with Crippen LogP contribution in [0.1, 0.15) is 73.3 Å². The Bertz CT molecular complexity index is 1100. The van der Waals surface area contributed by atoms with E-state index in [4.69, 9.17) is 11.6 Å². The summed E-state index contributed by atoms with van der Waals surface area (Å²) in [5, 5.41) is 3.47. The molecule has 2 heterocycles. The van der Waals surface area contributed by atoms with Gasteiger partial charge >= 0.3 is 0 Å². The minimum Gasteiger partial charge on any atom is -0.368 e. The largest absolute Gasteiger partial charge is 0.368 e. The first-order chi connectivity index (χ1) is 15.9. The van der Waals surface area contributed by atoms with Crippen LogP contribution >= 0.6 is 11.6 Å². The first-order valence-electron chi connectivity index (χ1n) is 12.2. The number of halogens is 1. The number of carbonyl (C=O) groups excluding carboxylic acids is 1. The summed E-state index contributed by atoms with van der Waals surface area (Å²) in [5.74, 6) is -0.223. The maximum absolute atomic E-state index is 13.2. The van der Waals surface area contributed by atoms with Gasteiger partial charge in [0.15, 0.2) is 0 Å². The van der Waals surface area contributed by atoms with E-state index in [0.29, 0.717) is 22.2 Å². The molecule has 186 valence electrons. The van der Waals surface area contributed by atoms with Crippen molar-refractivity contribution in [1.29, 1.82) is 0 Å². The zero-order valence-corrected chi connectivity index (χ0v) is 22.4. The zero-order valence-electron chi connectivity index (χ0n) is 21.6. The molecule has 2 aromatic rings. The molecule has 0 bridgehead atoms. The molecule has 1 aliphatic heterocycles. The number of likely N-dealkylation sites (tertiary alicyclic amines) is 1. The molecule has 3 rings (SSSR count). The van der Waals surface area contributed by atoms with E-state index in [9.17, 15) is 9.59 Å². The summed E-state index contributed by atoms with van der Waals surface area (Å²) in [6.07, 6.45) is 2.15. The second-order valence-electron chi connectivity index (χ2n) is 10.4. The summed E-state index contributed by atoms with van der Waals surface area (Å²) < 4.78 is 0. The summed E-state index contributed by atoms with van der Waals surface area (Å²) in [6.45, 7) is 17.8. The van der Waals surface area contributed by atoms with Crippen molar-refractivity contribution in [2.75, 3.05) is 24.5 Å². The van der Waals surface area contributed by atoms with E-state index in [-0.39, 0.29) is 23.6 Å². The topological polar surface area (TPSA) is 68.4 Å². The number of nitrogens with zero attached hydrogens (tertiary/aromatic N) is 2. The van der Waals surface area contributed by atoms with Crippen LogP contribution in [0.15, 0.2) is 23.0 Å². The zero-order chi connectivity index (χ0) is 25.2. The number of aromatic amines is 1. The predicted octanol–water partition coefficient (Wildman–Crippen LogP) is 4.97. The average molecular weight is 487 g/mol. The molecule has 1 aromatic carbocycles. The molecular formula is C27H39ClN4O2. The van der Waals surface area contributed by atoms with Gasteiger partial charge in [-0.1, -0.05) is 11.6 Å². The van der Waals surface area contributed by atoms with Crippen molar-refractivity contribution < 1.29 is 4.79 Å². The highest BCUT2D eigenvalue weighted by Gasteiger charge is 2.30. The smallest absolute Gasteiger partial charge is 0.253 e. The minimum atomic E-state index is -0.223. The lowest BCUT2D eigenvalue weighted by atomic mass is 9.95. The van der Waals surface area contributed by atoms with Crippen LogP contribution in [0.2, 0.25) is 5.02 Å². The molecule has 6 nitrogen and oxygen atoms in total. The number of aromatic nitrogens is 1. The van der Waals surface area contributed by atoms with Gasteiger partial charge in [-0.15, -0.1) is 0 Å². The van der Waals surface area contributed by atoms with E-state index >= 15 is 0 Å². The Balaban J connectivity index is 1.81. The Morgan fingerprint density at radius 2 is 1.82 bits per heavy atom. The van der Waals surface area contributed by atoms with Gasteiger partial charge in [-0.2, -0.15) is 0 Å². The average Bonchev–Trinajstić information content (AvgIpc) is 2.75. The van der Waals surface area contributed by atoms with Gasteiger partial charge in [-0.05, 0) is 90.6 Å². The predicted molar refractivity (Wildman–Crippen MR) is 141 cm³/mol. The number of benzene rings is 1. The molecule has 34 heavy (non-hydrogen) atoms. The molecular weight excluding hydrogens is 448 g/mol.